The molecule has 0 aliphatic heterocycles. The molecule has 2 aromatic rings. The predicted molar refractivity (Wildman–Crippen MR) is 98.8 cm³/mol. The van der Waals surface area contributed by atoms with E-state index in [0.29, 0.717) is 34.4 Å². The number of benzene rings is 2. The Kier molecular flexibility index (Phi) is 6.69. The van der Waals surface area contributed by atoms with Gasteiger partial charge < -0.3 is 9.64 Å². The van der Waals surface area contributed by atoms with E-state index in [2.05, 4.69) is 0 Å². The van der Waals surface area contributed by atoms with Gasteiger partial charge in [0.2, 0.25) is 0 Å². The van der Waals surface area contributed by atoms with E-state index in [-0.39, 0.29) is 5.91 Å². The molecule has 0 radical (unpaired) electrons. The quantitative estimate of drug-likeness (QED) is 0.735. The molecule has 4 nitrogen and oxygen atoms in total. The molecule has 0 saturated carbocycles. The number of hydrogen-bond acceptors (Lipinski definition) is 3. The van der Waals surface area contributed by atoms with Crippen LogP contribution in [0.5, 0.6) is 5.75 Å². The lowest BCUT2D eigenvalue weighted by atomic mass is 10.2. The molecule has 6 heteroatoms. The summed E-state index contributed by atoms with van der Waals surface area (Å²) in [5.41, 5.74) is 1.44. The second-order valence-electron chi connectivity index (χ2n) is 5.50. The van der Waals surface area contributed by atoms with Gasteiger partial charge in [-0.3, -0.25) is 4.79 Å². The summed E-state index contributed by atoms with van der Waals surface area (Å²) >= 11 is 12.0. The Hall–Kier alpha value is -2.22. The van der Waals surface area contributed by atoms with Crippen LogP contribution < -0.4 is 4.74 Å². The van der Waals surface area contributed by atoms with Crippen molar-refractivity contribution < 1.29 is 9.53 Å². The summed E-state index contributed by atoms with van der Waals surface area (Å²) in [5, 5.41) is 9.76. The van der Waals surface area contributed by atoms with E-state index in [1.54, 1.807) is 48.2 Å². The van der Waals surface area contributed by atoms with Gasteiger partial charge in [-0.2, -0.15) is 5.26 Å². The summed E-state index contributed by atoms with van der Waals surface area (Å²) in [6.07, 6.45) is -0.643. The number of hydrogen-bond donors (Lipinski definition) is 0. The van der Waals surface area contributed by atoms with Gasteiger partial charge in [-0.1, -0.05) is 29.3 Å². The van der Waals surface area contributed by atoms with Crippen molar-refractivity contribution in [2.75, 3.05) is 6.54 Å². The molecule has 0 fully saturated rings. The Labute approximate surface area is 157 Å². The van der Waals surface area contributed by atoms with Gasteiger partial charge in [-0.25, -0.2) is 0 Å². The van der Waals surface area contributed by atoms with Crippen molar-refractivity contribution >= 4 is 29.1 Å². The van der Waals surface area contributed by atoms with Gasteiger partial charge in [0, 0.05) is 13.1 Å². The lowest BCUT2D eigenvalue weighted by Gasteiger charge is -2.25. The number of amides is 1. The maximum atomic E-state index is 12.6. The summed E-state index contributed by atoms with van der Waals surface area (Å²) in [7, 11) is 0. The van der Waals surface area contributed by atoms with E-state index < -0.39 is 6.10 Å². The molecule has 0 bridgehead atoms. The molecule has 1 amide bonds. The van der Waals surface area contributed by atoms with Gasteiger partial charge in [0.25, 0.3) is 5.91 Å². The molecule has 0 aliphatic rings. The van der Waals surface area contributed by atoms with Gasteiger partial charge in [-0.05, 0) is 55.8 Å². The van der Waals surface area contributed by atoms with E-state index in [9.17, 15) is 4.79 Å². The largest absolute Gasteiger partial charge is 0.481 e. The van der Waals surface area contributed by atoms with Crippen molar-refractivity contribution in [2.24, 2.45) is 0 Å². The van der Waals surface area contributed by atoms with Crippen molar-refractivity contribution in [1.29, 1.82) is 5.26 Å². The summed E-state index contributed by atoms with van der Waals surface area (Å²) in [6.45, 7) is 4.58. The highest BCUT2D eigenvalue weighted by atomic mass is 35.5. The van der Waals surface area contributed by atoms with Gasteiger partial charge >= 0.3 is 0 Å². The molecular weight excluding hydrogens is 359 g/mol. The molecule has 0 heterocycles. The Bertz CT molecular complexity index is 785. The van der Waals surface area contributed by atoms with Crippen molar-refractivity contribution in [3.05, 3.63) is 63.6 Å². The van der Waals surface area contributed by atoms with E-state index in [4.69, 9.17) is 33.2 Å². The third kappa shape index (κ3) is 5.12. The summed E-state index contributed by atoms with van der Waals surface area (Å²) in [5.74, 6) is 0.420. The average molecular weight is 377 g/mol. The molecule has 130 valence electrons. The van der Waals surface area contributed by atoms with Crippen LogP contribution in [0.1, 0.15) is 25.0 Å². The van der Waals surface area contributed by atoms with Crippen LogP contribution in [-0.4, -0.2) is 23.5 Å². The Balaban J connectivity index is 2.04. The molecule has 0 aromatic heterocycles. The molecule has 0 aliphatic carbocycles. The number of halogens is 2. The molecular formula is C19H18Cl2N2O2. The molecule has 1 unspecified atom stereocenters. The zero-order valence-electron chi connectivity index (χ0n) is 14.0. The smallest absolute Gasteiger partial charge is 0.263 e. The molecule has 25 heavy (non-hydrogen) atoms. The van der Waals surface area contributed by atoms with Crippen molar-refractivity contribution in [2.45, 2.75) is 26.5 Å². The number of likely N-dealkylation sites (N-methyl/N-ethyl adjacent to an activating group) is 1. The van der Waals surface area contributed by atoms with Crippen molar-refractivity contribution in [3.8, 4) is 11.8 Å². The normalized spacial score (nSPS) is 11.5. The predicted octanol–water partition coefficient (Wildman–Crippen LogP) is 4.68. The standard InChI is InChI=1S/C19H18Cl2N2O2/c1-3-23(12-15-6-9-17(20)18(21)10-15)19(24)13(2)25-16-7-4-14(11-22)5-8-16/h4-10,13H,3,12H2,1-2H3. The number of carbonyl (C=O) groups is 1. The summed E-state index contributed by atoms with van der Waals surface area (Å²) in [6, 6.07) is 14.0. The third-order valence-corrected chi connectivity index (χ3v) is 4.43. The molecule has 0 saturated heterocycles. The first-order valence-electron chi connectivity index (χ1n) is 7.84. The average Bonchev–Trinajstić information content (AvgIpc) is 2.62. The minimum atomic E-state index is -0.643. The zero-order chi connectivity index (χ0) is 18.4. The van der Waals surface area contributed by atoms with Crippen LogP contribution in [0.25, 0.3) is 0 Å². The van der Waals surface area contributed by atoms with E-state index >= 15 is 0 Å². The summed E-state index contributed by atoms with van der Waals surface area (Å²) < 4.78 is 5.69. The highest BCUT2D eigenvalue weighted by Gasteiger charge is 2.21. The molecule has 1 atom stereocenters. The monoisotopic (exact) mass is 376 g/mol. The Morgan fingerprint density at radius 3 is 2.44 bits per heavy atom. The van der Waals surface area contributed by atoms with Crippen LogP contribution in [-0.2, 0) is 11.3 Å². The van der Waals surface area contributed by atoms with Crippen LogP contribution in [0.2, 0.25) is 10.0 Å². The van der Waals surface area contributed by atoms with Gasteiger partial charge in [0.05, 0.1) is 21.7 Å². The first-order chi connectivity index (χ1) is 11.9. The van der Waals surface area contributed by atoms with Crippen LogP contribution in [0, 0.1) is 11.3 Å². The lowest BCUT2D eigenvalue weighted by molar-refractivity contribution is -0.138. The first kappa shape index (κ1) is 19.1. The molecule has 2 aromatic carbocycles. The molecule has 0 N–H and O–H groups in total. The van der Waals surface area contributed by atoms with Crippen molar-refractivity contribution in [1.82, 2.24) is 4.90 Å². The van der Waals surface area contributed by atoms with E-state index in [0.717, 1.165) is 5.56 Å². The van der Waals surface area contributed by atoms with Gasteiger partial charge in [-0.15, -0.1) is 0 Å². The van der Waals surface area contributed by atoms with Crippen LogP contribution >= 0.6 is 23.2 Å². The topological polar surface area (TPSA) is 53.3 Å². The van der Waals surface area contributed by atoms with Crippen molar-refractivity contribution in [3.63, 3.8) is 0 Å². The zero-order valence-corrected chi connectivity index (χ0v) is 15.5. The minimum absolute atomic E-state index is 0.127. The third-order valence-electron chi connectivity index (χ3n) is 3.69. The number of carbonyl (C=O) groups excluding carboxylic acids is 1. The molecule has 2 rings (SSSR count). The Morgan fingerprint density at radius 1 is 1.20 bits per heavy atom. The second-order valence-corrected chi connectivity index (χ2v) is 6.31. The number of ether oxygens (including phenoxy) is 1. The SMILES string of the molecule is CCN(Cc1ccc(Cl)c(Cl)c1)C(=O)C(C)Oc1ccc(C#N)cc1. The first-order valence-corrected chi connectivity index (χ1v) is 8.59. The second kappa shape index (κ2) is 8.75. The van der Waals surface area contributed by atoms with Crippen LogP contribution in [0.4, 0.5) is 0 Å². The highest BCUT2D eigenvalue weighted by molar-refractivity contribution is 6.42. The fraction of sp³-hybridized carbons (Fsp3) is 0.263. The van der Waals surface area contributed by atoms with Gasteiger partial charge in [0.15, 0.2) is 6.10 Å². The lowest BCUT2D eigenvalue weighted by Crippen LogP contribution is -2.39. The maximum Gasteiger partial charge on any atom is 0.263 e. The van der Waals surface area contributed by atoms with E-state index in [1.165, 1.54) is 0 Å². The maximum absolute atomic E-state index is 12.6. The van der Waals surface area contributed by atoms with E-state index in [1.807, 2.05) is 19.1 Å². The van der Waals surface area contributed by atoms with Crippen LogP contribution in [0.3, 0.4) is 0 Å². The van der Waals surface area contributed by atoms with Crippen LogP contribution in [0.15, 0.2) is 42.5 Å². The number of nitriles is 1. The highest BCUT2D eigenvalue weighted by Crippen LogP contribution is 2.23. The number of nitrogens with zero attached hydrogens (tertiary/aromatic N) is 2. The fourth-order valence-corrected chi connectivity index (χ4v) is 2.64. The van der Waals surface area contributed by atoms with Gasteiger partial charge in [0.1, 0.15) is 5.75 Å². The number of rotatable bonds is 6. The Morgan fingerprint density at radius 2 is 1.88 bits per heavy atom. The summed E-state index contributed by atoms with van der Waals surface area (Å²) in [4.78, 5) is 14.3. The molecule has 0 spiro atoms. The minimum Gasteiger partial charge on any atom is -0.481 e. The fourth-order valence-electron chi connectivity index (χ4n) is 2.32.